The van der Waals surface area contributed by atoms with Gasteiger partial charge in [0.05, 0.1) is 46.2 Å². The van der Waals surface area contributed by atoms with E-state index >= 15 is 0 Å². The minimum atomic E-state index is -1.89. The van der Waals surface area contributed by atoms with Crippen LogP contribution in [0.25, 0.3) is 0 Å². The number of rotatable bonds is 28. The van der Waals surface area contributed by atoms with Crippen LogP contribution in [0.5, 0.6) is 0 Å². The van der Waals surface area contributed by atoms with Crippen LogP contribution in [0, 0.1) is 10.8 Å². The first-order valence-corrected chi connectivity index (χ1v) is 16.8. The molecular formula is C37H56O13. The maximum absolute atomic E-state index is 13.4. The van der Waals surface area contributed by atoms with Crippen LogP contribution in [-0.2, 0) is 61.9 Å². The van der Waals surface area contributed by atoms with E-state index in [9.17, 15) is 28.8 Å². The number of allylic oxidation sites excluding steroid dienone is 2. The van der Waals surface area contributed by atoms with Crippen LogP contribution in [0.2, 0.25) is 0 Å². The van der Waals surface area contributed by atoms with Crippen molar-refractivity contribution in [2.75, 3.05) is 59.5 Å². The van der Waals surface area contributed by atoms with Crippen LogP contribution >= 0.6 is 0 Å². The zero-order valence-corrected chi connectivity index (χ0v) is 30.7. The predicted octanol–water partition coefficient (Wildman–Crippen LogP) is 4.96. The molecule has 13 heteroatoms. The number of carbonyl (C=O) groups excluding carboxylic acids is 6. The summed E-state index contributed by atoms with van der Waals surface area (Å²) >= 11 is 0. The molecule has 0 bridgehead atoms. The Bertz CT molecular complexity index is 1230. The van der Waals surface area contributed by atoms with Crippen LogP contribution in [0.4, 0.5) is 0 Å². The summed E-state index contributed by atoms with van der Waals surface area (Å²) in [5.41, 5.74) is -2.47. The maximum atomic E-state index is 13.4. The smallest absolute Gasteiger partial charge is 0.333 e. The fraction of sp³-hybridized carbons (Fsp3) is 0.622. The fourth-order valence-corrected chi connectivity index (χ4v) is 4.73. The number of ketones is 1. The Hall–Kier alpha value is -4.10. The standard InChI is InChI=1S/C37H56O13/c1-11-26(6)22-36(30(10)38,24-28(8)31(39)46-13-3)33(41)49-20-18-44-16-17-45-19-21-50-35(43)37(23-27(7)12-2,34(42)48-15-5)25-29(9)32(40)47-14-4/h6-9,11-25H2,1-5,10H3. The van der Waals surface area contributed by atoms with Crippen molar-refractivity contribution in [1.82, 2.24) is 0 Å². The van der Waals surface area contributed by atoms with Gasteiger partial charge in [-0.1, -0.05) is 51.3 Å². The normalized spacial score (nSPS) is 13.1. The van der Waals surface area contributed by atoms with Gasteiger partial charge in [-0.15, -0.1) is 0 Å². The molecule has 282 valence electrons. The third-order valence-corrected chi connectivity index (χ3v) is 7.68. The molecule has 0 heterocycles. The van der Waals surface area contributed by atoms with Gasteiger partial charge in [0.15, 0.2) is 5.41 Å². The van der Waals surface area contributed by atoms with Crippen molar-refractivity contribution in [3.8, 4) is 0 Å². The van der Waals surface area contributed by atoms with Crippen molar-refractivity contribution in [3.63, 3.8) is 0 Å². The van der Waals surface area contributed by atoms with E-state index in [-0.39, 0.29) is 96.3 Å². The molecule has 0 fully saturated rings. The molecule has 0 radical (unpaired) electrons. The molecule has 0 aromatic carbocycles. The highest BCUT2D eigenvalue weighted by atomic mass is 16.6. The van der Waals surface area contributed by atoms with E-state index in [1.54, 1.807) is 20.8 Å². The van der Waals surface area contributed by atoms with Crippen molar-refractivity contribution >= 4 is 35.6 Å². The molecule has 50 heavy (non-hydrogen) atoms. The van der Waals surface area contributed by atoms with E-state index < -0.39 is 46.5 Å². The van der Waals surface area contributed by atoms with E-state index in [2.05, 4.69) is 26.3 Å². The van der Waals surface area contributed by atoms with Gasteiger partial charge < -0.3 is 33.2 Å². The molecule has 0 aromatic heterocycles. The summed E-state index contributed by atoms with van der Waals surface area (Å²) in [7, 11) is 0. The monoisotopic (exact) mass is 708 g/mol. The Morgan fingerprint density at radius 2 is 0.800 bits per heavy atom. The summed E-state index contributed by atoms with van der Waals surface area (Å²) in [6.07, 6.45) is 0.224. The molecule has 0 aliphatic rings. The number of esters is 5. The van der Waals surface area contributed by atoms with Crippen LogP contribution in [-0.4, -0.2) is 95.1 Å². The Labute approximate surface area is 296 Å². The number of hydrogen-bond acceptors (Lipinski definition) is 13. The first-order chi connectivity index (χ1) is 23.6. The molecule has 0 saturated carbocycles. The van der Waals surface area contributed by atoms with Gasteiger partial charge in [0.1, 0.15) is 24.4 Å². The topological polar surface area (TPSA) is 167 Å². The molecule has 0 aliphatic heterocycles. The zero-order chi connectivity index (χ0) is 38.3. The van der Waals surface area contributed by atoms with Crippen molar-refractivity contribution in [2.24, 2.45) is 10.8 Å². The lowest BCUT2D eigenvalue weighted by atomic mass is 9.73. The Balaban J connectivity index is 5.15. The van der Waals surface area contributed by atoms with E-state index in [0.29, 0.717) is 24.0 Å². The lowest BCUT2D eigenvalue weighted by molar-refractivity contribution is -0.173. The third-order valence-electron chi connectivity index (χ3n) is 7.68. The minimum Gasteiger partial charge on any atom is -0.465 e. The molecule has 0 amide bonds. The molecule has 0 saturated heterocycles. The fourth-order valence-electron chi connectivity index (χ4n) is 4.73. The van der Waals surface area contributed by atoms with Gasteiger partial charge in [0.2, 0.25) is 0 Å². The number of carbonyl (C=O) groups is 6. The molecule has 0 N–H and O–H groups in total. The van der Waals surface area contributed by atoms with E-state index in [0.717, 1.165) is 0 Å². The highest BCUT2D eigenvalue weighted by Gasteiger charge is 2.50. The Kier molecular flexibility index (Phi) is 22.1. The minimum absolute atomic E-state index is 0.00188. The second kappa shape index (κ2) is 24.1. The van der Waals surface area contributed by atoms with E-state index in [1.807, 2.05) is 13.8 Å². The second-order valence-electron chi connectivity index (χ2n) is 11.5. The first kappa shape index (κ1) is 45.9. The van der Waals surface area contributed by atoms with Gasteiger partial charge in [-0.3, -0.25) is 19.2 Å². The van der Waals surface area contributed by atoms with E-state index in [4.69, 9.17) is 33.2 Å². The number of Topliss-reactive ketones (excluding diaryl/α,β-unsaturated/α-hetero) is 1. The second-order valence-corrected chi connectivity index (χ2v) is 11.5. The Morgan fingerprint density at radius 1 is 0.460 bits per heavy atom. The van der Waals surface area contributed by atoms with Gasteiger partial charge in [-0.25, -0.2) is 9.59 Å². The van der Waals surface area contributed by atoms with Gasteiger partial charge in [0.25, 0.3) is 0 Å². The van der Waals surface area contributed by atoms with Gasteiger partial charge in [-0.2, -0.15) is 0 Å². The molecule has 2 unspecified atom stereocenters. The van der Waals surface area contributed by atoms with Crippen molar-refractivity contribution in [1.29, 1.82) is 0 Å². The molecule has 13 nitrogen and oxygen atoms in total. The zero-order valence-electron chi connectivity index (χ0n) is 30.7. The Morgan fingerprint density at radius 3 is 1.18 bits per heavy atom. The summed E-state index contributed by atoms with van der Waals surface area (Å²) in [5, 5.41) is 0. The van der Waals surface area contributed by atoms with Crippen LogP contribution in [0.3, 0.4) is 0 Å². The van der Waals surface area contributed by atoms with Crippen LogP contribution in [0.15, 0.2) is 48.6 Å². The highest BCUT2D eigenvalue weighted by molar-refractivity contribution is 6.05. The summed E-state index contributed by atoms with van der Waals surface area (Å²) in [6, 6.07) is 0. The maximum Gasteiger partial charge on any atom is 0.333 e. The molecule has 0 aromatic rings. The summed E-state index contributed by atoms with van der Waals surface area (Å²) in [5.74, 6) is -4.52. The molecular weight excluding hydrogens is 652 g/mol. The highest BCUT2D eigenvalue weighted by Crippen LogP contribution is 2.38. The van der Waals surface area contributed by atoms with Gasteiger partial charge >= 0.3 is 29.8 Å². The summed E-state index contributed by atoms with van der Waals surface area (Å²) in [6.45, 7) is 25.0. The average Bonchev–Trinajstić information content (AvgIpc) is 3.07. The van der Waals surface area contributed by atoms with Crippen LogP contribution in [0.1, 0.15) is 80.1 Å². The summed E-state index contributed by atoms with van der Waals surface area (Å²) in [4.78, 5) is 77.0. The van der Waals surface area contributed by atoms with Crippen LogP contribution < -0.4 is 0 Å². The third kappa shape index (κ3) is 14.8. The van der Waals surface area contributed by atoms with Crippen molar-refractivity contribution in [2.45, 2.75) is 80.1 Å². The van der Waals surface area contributed by atoms with Crippen molar-refractivity contribution in [3.05, 3.63) is 48.6 Å². The predicted molar refractivity (Wildman–Crippen MR) is 185 cm³/mol. The quantitative estimate of drug-likeness (QED) is 0.0267. The molecule has 0 aliphatic carbocycles. The number of ether oxygens (including phenoxy) is 7. The van der Waals surface area contributed by atoms with Gasteiger partial charge in [0, 0.05) is 24.0 Å². The SMILES string of the molecule is C=C(CC)CC(CC(=C)C(=O)OCC)(C(C)=O)C(=O)OCCOCCOCCOC(=O)C(CC(=C)CC)(CC(=C)C(=O)OCC)C(=O)OCC. The average molecular weight is 709 g/mol. The molecule has 0 rings (SSSR count). The van der Waals surface area contributed by atoms with Crippen molar-refractivity contribution < 1.29 is 61.9 Å². The largest absolute Gasteiger partial charge is 0.465 e. The summed E-state index contributed by atoms with van der Waals surface area (Å²) < 4.78 is 36.9. The number of hydrogen-bond donors (Lipinski definition) is 0. The lowest BCUT2D eigenvalue weighted by Crippen LogP contribution is -2.44. The lowest BCUT2D eigenvalue weighted by Gasteiger charge is -2.30. The molecule has 2 atom stereocenters. The molecule has 0 spiro atoms. The van der Waals surface area contributed by atoms with E-state index in [1.165, 1.54) is 6.92 Å². The first-order valence-electron chi connectivity index (χ1n) is 16.8. The van der Waals surface area contributed by atoms with Gasteiger partial charge in [-0.05, 0) is 53.4 Å².